The van der Waals surface area contributed by atoms with E-state index in [-0.39, 0.29) is 11.8 Å². The number of benzene rings is 2. The van der Waals surface area contributed by atoms with Crippen LogP contribution in [0.15, 0.2) is 57.7 Å². The van der Waals surface area contributed by atoms with E-state index >= 15 is 0 Å². The SMILES string of the molecule is C[C@H](c1nc2ccccc2s1)N(C)Cn1c(=O)oc2ccccc21. The summed E-state index contributed by atoms with van der Waals surface area (Å²) in [6, 6.07) is 15.7. The van der Waals surface area contributed by atoms with Gasteiger partial charge in [0.25, 0.3) is 0 Å². The van der Waals surface area contributed by atoms with Crippen molar-refractivity contribution in [2.75, 3.05) is 7.05 Å². The summed E-state index contributed by atoms with van der Waals surface area (Å²) in [5.41, 5.74) is 2.44. The topological polar surface area (TPSA) is 51.3 Å². The van der Waals surface area contributed by atoms with E-state index in [1.807, 2.05) is 49.5 Å². The van der Waals surface area contributed by atoms with E-state index in [0.29, 0.717) is 12.3 Å². The van der Waals surface area contributed by atoms with E-state index in [2.05, 4.69) is 17.9 Å². The molecule has 0 saturated heterocycles. The Morgan fingerprint density at radius 3 is 2.79 bits per heavy atom. The smallest absolute Gasteiger partial charge is 0.408 e. The Morgan fingerprint density at radius 1 is 1.21 bits per heavy atom. The molecule has 1 atom stereocenters. The van der Waals surface area contributed by atoms with E-state index in [9.17, 15) is 4.79 Å². The van der Waals surface area contributed by atoms with Crippen molar-refractivity contribution in [3.8, 4) is 0 Å². The number of aromatic nitrogens is 2. The number of rotatable bonds is 4. The minimum Gasteiger partial charge on any atom is -0.408 e. The van der Waals surface area contributed by atoms with Crippen LogP contribution in [-0.4, -0.2) is 21.5 Å². The summed E-state index contributed by atoms with van der Waals surface area (Å²) in [4.78, 5) is 18.9. The molecule has 5 nitrogen and oxygen atoms in total. The van der Waals surface area contributed by atoms with Gasteiger partial charge in [-0.1, -0.05) is 24.3 Å². The fraction of sp³-hybridized carbons (Fsp3) is 0.222. The highest BCUT2D eigenvalue weighted by Crippen LogP contribution is 2.29. The number of hydrogen-bond acceptors (Lipinski definition) is 5. The molecule has 0 aliphatic rings. The van der Waals surface area contributed by atoms with E-state index in [1.165, 1.54) is 4.70 Å². The van der Waals surface area contributed by atoms with Crippen LogP contribution in [0.2, 0.25) is 0 Å². The molecule has 0 fully saturated rings. The maximum Gasteiger partial charge on any atom is 0.421 e. The molecular formula is C18H17N3O2S. The van der Waals surface area contributed by atoms with E-state index in [1.54, 1.807) is 15.9 Å². The second-order valence-electron chi connectivity index (χ2n) is 5.86. The molecule has 0 bridgehead atoms. The van der Waals surface area contributed by atoms with Gasteiger partial charge in [-0.3, -0.25) is 9.47 Å². The highest BCUT2D eigenvalue weighted by Gasteiger charge is 2.18. The Labute approximate surface area is 142 Å². The monoisotopic (exact) mass is 339 g/mol. The van der Waals surface area contributed by atoms with Gasteiger partial charge in [0.1, 0.15) is 5.01 Å². The molecule has 122 valence electrons. The molecule has 2 aromatic heterocycles. The van der Waals surface area contributed by atoms with Gasteiger partial charge >= 0.3 is 5.76 Å². The van der Waals surface area contributed by atoms with Gasteiger partial charge in [-0.25, -0.2) is 9.78 Å². The molecule has 6 heteroatoms. The van der Waals surface area contributed by atoms with Gasteiger partial charge in [0, 0.05) is 0 Å². The second kappa shape index (κ2) is 5.89. The van der Waals surface area contributed by atoms with Gasteiger partial charge in [0.15, 0.2) is 5.58 Å². The van der Waals surface area contributed by atoms with E-state index in [0.717, 1.165) is 16.0 Å². The van der Waals surface area contributed by atoms with Crippen molar-refractivity contribution in [1.82, 2.24) is 14.5 Å². The summed E-state index contributed by atoms with van der Waals surface area (Å²) in [6.07, 6.45) is 0. The summed E-state index contributed by atoms with van der Waals surface area (Å²) < 4.78 is 8.13. The van der Waals surface area contributed by atoms with Crippen molar-refractivity contribution in [3.05, 3.63) is 64.1 Å². The van der Waals surface area contributed by atoms with Crippen molar-refractivity contribution in [2.45, 2.75) is 19.6 Å². The molecule has 24 heavy (non-hydrogen) atoms. The summed E-state index contributed by atoms with van der Waals surface area (Å²) in [6.45, 7) is 2.55. The second-order valence-corrected chi connectivity index (χ2v) is 6.92. The van der Waals surface area contributed by atoms with Gasteiger partial charge in [-0.2, -0.15) is 0 Å². The largest absolute Gasteiger partial charge is 0.421 e. The first-order valence-corrected chi connectivity index (χ1v) is 8.59. The molecule has 0 saturated carbocycles. The lowest BCUT2D eigenvalue weighted by Crippen LogP contribution is -2.29. The molecule has 0 spiro atoms. The molecule has 2 heterocycles. The third-order valence-corrected chi connectivity index (χ3v) is 5.47. The fourth-order valence-electron chi connectivity index (χ4n) is 2.75. The number of nitrogens with zero attached hydrogens (tertiary/aromatic N) is 3. The fourth-order valence-corrected chi connectivity index (χ4v) is 3.84. The molecule has 2 aromatic carbocycles. The third-order valence-electron chi connectivity index (χ3n) is 4.27. The van der Waals surface area contributed by atoms with Crippen molar-refractivity contribution in [2.24, 2.45) is 0 Å². The zero-order valence-electron chi connectivity index (χ0n) is 13.5. The first kappa shape index (κ1) is 15.1. The molecule has 4 rings (SSSR count). The van der Waals surface area contributed by atoms with Crippen LogP contribution in [0.1, 0.15) is 18.0 Å². The lowest BCUT2D eigenvalue weighted by atomic mass is 10.3. The van der Waals surface area contributed by atoms with Crippen LogP contribution in [-0.2, 0) is 6.67 Å². The van der Waals surface area contributed by atoms with Crippen LogP contribution in [0.5, 0.6) is 0 Å². The van der Waals surface area contributed by atoms with Gasteiger partial charge in [0.2, 0.25) is 0 Å². The van der Waals surface area contributed by atoms with Gasteiger partial charge in [-0.05, 0) is 38.2 Å². The zero-order valence-corrected chi connectivity index (χ0v) is 14.3. The molecule has 0 aliphatic carbocycles. The van der Waals surface area contributed by atoms with Crippen molar-refractivity contribution >= 4 is 32.7 Å². The maximum absolute atomic E-state index is 12.1. The molecule has 0 N–H and O–H groups in total. The number of oxazole rings is 1. The molecule has 0 unspecified atom stereocenters. The predicted molar refractivity (Wildman–Crippen MR) is 96.3 cm³/mol. The quantitative estimate of drug-likeness (QED) is 0.567. The molecule has 4 aromatic rings. The Bertz CT molecular complexity index is 1030. The maximum atomic E-state index is 12.1. The standard InChI is InChI=1S/C18H17N3O2S/c1-12(17-19-13-7-3-6-10-16(13)24-17)20(2)11-21-14-8-4-5-9-15(14)23-18(21)22/h3-10,12H,11H2,1-2H3/t12-/m1/s1. The van der Waals surface area contributed by atoms with Crippen LogP contribution in [0, 0.1) is 0 Å². The van der Waals surface area contributed by atoms with E-state index in [4.69, 9.17) is 9.40 Å². The van der Waals surface area contributed by atoms with Gasteiger partial charge in [0.05, 0.1) is 28.4 Å². The van der Waals surface area contributed by atoms with Crippen LogP contribution >= 0.6 is 11.3 Å². The molecule has 0 amide bonds. The Kier molecular flexibility index (Phi) is 3.70. The minimum absolute atomic E-state index is 0.1000. The predicted octanol–water partition coefficient (Wildman–Crippen LogP) is 3.85. The van der Waals surface area contributed by atoms with Crippen molar-refractivity contribution in [3.63, 3.8) is 0 Å². The molecular weight excluding hydrogens is 322 g/mol. The molecule has 0 aliphatic heterocycles. The van der Waals surface area contributed by atoms with Gasteiger partial charge in [-0.15, -0.1) is 11.3 Å². The average molecular weight is 339 g/mol. The number of para-hydroxylation sites is 3. The van der Waals surface area contributed by atoms with Crippen LogP contribution in [0.3, 0.4) is 0 Å². The summed E-state index contributed by atoms with van der Waals surface area (Å²) in [7, 11) is 1.99. The third kappa shape index (κ3) is 2.53. The normalized spacial score (nSPS) is 13.1. The van der Waals surface area contributed by atoms with Crippen LogP contribution in [0.25, 0.3) is 21.3 Å². The Balaban J connectivity index is 1.64. The highest BCUT2D eigenvalue weighted by atomic mass is 32.1. The number of thiazole rings is 1. The van der Waals surface area contributed by atoms with Gasteiger partial charge < -0.3 is 4.42 Å². The van der Waals surface area contributed by atoms with Crippen molar-refractivity contribution in [1.29, 1.82) is 0 Å². The van der Waals surface area contributed by atoms with Crippen LogP contribution < -0.4 is 5.76 Å². The van der Waals surface area contributed by atoms with E-state index < -0.39 is 0 Å². The lowest BCUT2D eigenvalue weighted by Gasteiger charge is -2.22. The number of hydrogen-bond donors (Lipinski definition) is 0. The Morgan fingerprint density at radius 2 is 1.96 bits per heavy atom. The summed E-state index contributed by atoms with van der Waals surface area (Å²) in [5.74, 6) is -0.334. The van der Waals surface area contributed by atoms with Crippen LogP contribution in [0.4, 0.5) is 0 Å². The molecule has 0 radical (unpaired) electrons. The summed E-state index contributed by atoms with van der Waals surface area (Å²) in [5, 5.41) is 1.04. The first-order chi connectivity index (χ1) is 11.6. The lowest BCUT2D eigenvalue weighted by molar-refractivity contribution is 0.202. The summed E-state index contributed by atoms with van der Waals surface area (Å²) >= 11 is 1.69. The zero-order chi connectivity index (χ0) is 16.7. The average Bonchev–Trinajstić information content (AvgIpc) is 3.15. The minimum atomic E-state index is -0.334. The highest BCUT2D eigenvalue weighted by molar-refractivity contribution is 7.18. The van der Waals surface area contributed by atoms with Crippen molar-refractivity contribution < 1.29 is 4.42 Å². The Hall–Kier alpha value is -2.44. The first-order valence-electron chi connectivity index (χ1n) is 7.77. The number of fused-ring (bicyclic) bond motifs is 2.